The lowest BCUT2D eigenvalue weighted by molar-refractivity contribution is 0.349. The summed E-state index contributed by atoms with van der Waals surface area (Å²) < 4.78 is 0. The van der Waals surface area contributed by atoms with Gasteiger partial charge in [0.25, 0.3) is 0 Å². The maximum Gasteiger partial charge on any atom is 0.0555 e. The van der Waals surface area contributed by atoms with Crippen molar-refractivity contribution in [2.45, 2.75) is 30.1 Å². The third-order valence-corrected chi connectivity index (χ3v) is 5.37. The fraction of sp³-hybridized carbons (Fsp3) is 0.368. The molecule has 3 heteroatoms. The van der Waals surface area contributed by atoms with E-state index in [-0.39, 0.29) is 0 Å². The summed E-state index contributed by atoms with van der Waals surface area (Å²) in [5, 5.41) is 0. The molecule has 2 aromatic rings. The minimum Gasteiger partial charge on any atom is -0.340 e. The fourth-order valence-electron chi connectivity index (χ4n) is 2.84. The van der Waals surface area contributed by atoms with Gasteiger partial charge in [-0.25, -0.2) is 0 Å². The number of aryl methyl sites for hydroxylation is 1. The van der Waals surface area contributed by atoms with E-state index in [0.29, 0.717) is 0 Å². The van der Waals surface area contributed by atoms with Crippen molar-refractivity contribution in [2.24, 2.45) is 0 Å². The van der Waals surface area contributed by atoms with E-state index in [2.05, 4.69) is 73.2 Å². The van der Waals surface area contributed by atoms with Crippen molar-refractivity contribution in [1.82, 2.24) is 4.90 Å². The highest BCUT2D eigenvalue weighted by molar-refractivity contribution is 7.99. The first-order valence-electron chi connectivity index (χ1n) is 8.02. The predicted molar refractivity (Wildman–Crippen MR) is 96.5 cm³/mol. The molecule has 1 aliphatic heterocycles. The molecule has 0 saturated carbocycles. The van der Waals surface area contributed by atoms with E-state index in [1.165, 1.54) is 33.2 Å². The van der Waals surface area contributed by atoms with Gasteiger partial charge >= 0.3 is 0 Å². The Kier molecular flexibility index (Phi) is 4.74. The van der Waals surface area contributed by atoms with Crippen LogP contribution in [0.1, 0.15) is 18.9 Å². The Labute approximate surface area is 138 Å². The third kappa shape index (κ3) is 3.16. The van der Waals surface area contributed by atoms with Gasteiger partial charge in [0, 0.05) is 16.3 Å². The van der Waals surface area contributed by atoms with Gasteiger partial charge in [-0.3, -0.25) is 0 Å². The van der Waals surface area contributed by atoms with Crippen molar-refractivity contribution in [1.29, 1.82) is 0 Å². The van der Waals surface area contributed by atoms with E-state index in [4.69, 9.17) is 0 Å². The minimum absolute atomic E-state index is 1.07. The predicted octanol–water partition coefficient (Wildman–Crippen LogP) is 4.94. The highest BCUT2D eigenvalue weighted by Gasteiger charge is 2.22. The Hall–Kier alpha value is -1.45. The van der Waals surface area contributed by atoms with Crippen LogP contribution in [-0.4, -0.2) is 31.6 Å². The number of nitrogens with zero attached hydrogens (tertiary/aromatic N) is 2. The summed E-state index contributed by atoms with van der Waals surface area (Å²) in [6, 6.07) is 15.5. The second-order valence-corrected chi connectivity index (χ2v) is 7.03. The van der Waals surface area contributed by atoms with Crippen LogP contribution in [0.3, 0.4) is 0 Å². The van der Waals surface area contributed by atoms with Crippen LogP contribution in [0.25, 0.3) is 0 Å². The van der Waals surface area contributed by atoms with Crippen LogP contribution in [-0.2, 0) is 0 Å². The average Bonchev–Trinajstić information content (AvgIpc) is 2.54. The van der Waals surface area contributed by atoms with Gasteiger partial charge in [0.2, 0.25) is 0 Å². The Morgan fingerprint density at radius 1 is 1.05 bits per heavy atom. The molecule has 0 aromatic heterocycles. The number of para-hydroxylation sites is 1. The van der Waals surface area contributed by atoms with Crippen molar-refractivity contribution < 1.29 is 0 Å². The standard InChI is InChI=1S/C19H24N2S/c1-4-20(3)12-7-13-21-16-8-5-6-9-18(16)22-19-11-10-15(2)14-17(19)21/h5-6,8-11,14H,4,7,12-13H2,1-3H3. The maximum atomic E-state index is 2.50. The molecular formula is C19H24N2S. The van der Waals surface area contributed by atoms with Gasteiger partial charge in [0.05, 0.1) is 11.4 Å². The fourth-order valence-corrected chi connectivity index (χ4v) is 3.91. The second kappa shape index (κ2) is 6.76. The van der Waals surface area contributed by atoms with E-state index in [1.54, 1.807) is 0 Å². The highest BCUT2D eigenvalue weighted by atomic mass is 32.2. The lowest BCUT2D eigenvalue weighted by atomic mass is 10.1. The Morgan fingerprint density at radius 2 is 1.82 bits per heavy atom. The molecule has 0 atom stereocenters. The molecule has 0 saturated heterocycles. The van der Waals surface area contributed by atoms with Crippen LogP contribution in [0, 0.1) is 6.92 Å². The topological polar surface area (TPSA) is 6.48 Å². The van der Waals surface area contributed by atoms with E-state index in [9.17, 15) is 0 Å². The molecular weight excluding hydrogens is 288 g/mol. The molecule has 22 heavy (non-hydrogen) atoms. The molecule has 3 rings (SSSR count). The number of rotatable bonds is 5. The molecule has 2 aromatic carbocycles. The van der Waals surface area contributed by atoms with Gasteiger partial charge in [0.1, 0.15) is 0 Å². The van der Waals surface area contributed by atoms with Crippen LogP contribution >= 0.6 is 11.8 Å². The van der Waals surface area contributed by atoms with Gasteiger partial charge in [-0.1, -0.05) is 36.9 Å². The molecule has 0 amide bonds. The summed E-state index contributed by atoms with van der Waals surface area (Å²) >= 11 is 1.89. The van der Waals surface area contributed by atoms with Gasteiger partial charge in [-0.15, -0.1) is 0 Å². The molecule has 0 spiro atoms. The van der Waals surface area contributed by atoms with Crippen LogP contribution in [0.4, 0.5) is 11.4 Å². The Bertz CT molecular complexity index is 654. The van der Waals surface area contributed by atoms with Gasteiger partial charge in [-0.2, -0.15) is 0 Å². The Morgan fingerprint density at radius 3 is 2.64 bits per heavy atom. The summed E-state index contributed by atoms with van der Waals surface area (Å²) in [5.41, 5.74) is 4.04. The smallest absolute Gasteiger partial charge is 0.0555 e. The summed E-state index contributed by atoms with van der Waals surface area (Å²) in [7, 11) is 2.19. The van der Waals surface area contributed by atoms with Crippen molar-refractivity contribution >= 4 is 23.1 Å². The molecule has 2 nitrogen and oxygen atoms in total. The first-order chi connectivity index (χ1) is 10.7. The molecule has 0 bridgehead atoms. The first kappa shape index (κ1) is 15.4. The zero-order valence-corrected chi connectivity index (χ0v) is 14.5. The van der Waals surface area contributed by atoms with Crippen molar-refractivity contribution in [2.75, 3.05) is 31.6 Å². The normalized spacial score (nSPS) is 13.2. The SMILES string of the molecule is CCN(C)CCCN1c2ccccc2Sc2ccc(C)cc21. The molecule has 0 unspecified atom stereocenters. The van der Waals surface area contributed by atoms with Crippen LogP contribution in [0.2, 0.25) is 0 Å². The molecule has 0 radical (unpaired) electrons. The van der Waals surface area contributed by atoms with E-state index in [0.717, 1.165) is 19.6 Å². The second-order valence-electron chi connectivity index (χ2n) is 5.94. The zero-order valence-electron chi connectivity index (χ0n) is 13.7. The quantitative estimate of drug-likeness (QED) is 0.772. The van der Waals surface area contributed by atoms with E-state index in [1.807, 2.05) is 11.8 Å². The number of hydrogen-bond donors (Lipinski definition) is 0. The monoisotopic (exact) mass is 312 g/mol. The largest absolute Gasteiger partial charge is 0.340 e. The van der Waals surface area contributed by atoms with E-state index >= 15 is 0 Å². The molecule has 116 valence electrons. The zero-order chi connectivity index (χ0) is 15.5. The summed E-state index contributed by atoms with van der Waals surface area (Å²) in [6.45, 7) is 7.71. The maximum absolute atomic E-state index is 2.50. The molecule has 0 N–H and O–H groups in total. The summed E-state index contributed by atoms with van der Waals surface area (Å²) in [6.07, 6.45) is 1.18. The van der Waals surface area contributed by atoms with Crippen molar-refractivity contribution in [3.05, 3.63) is 48.0 Å². The lowest BCUT2D eigenvalue weighted by Gasteiger charge is -2.33. The summed E-state index contributed by atoms with van der Waals surface area (Å²) in [4.78, 5) is 7.61. The molecule has 0 fully saturated rings. The van der Waals surface area contributed by atoms with Crippen LogP contribution < -0.4 is 4.90 Å². The van der Waals surface area contributed by atoms with Crippen LogP contribution in [0.5, 0.6) is 0 Å². The third-order valence-electron chi connectivity index (χ3n) is 4.24. The minimum atomic E-state index is 1.07. The molecule has 0 aliphatic carbocycles. The van der Waals surface area contributed by atoms with Crippen molar-refractivity contribution in [3.63, 3.8) is 0 Å². The van der Waals surface area contributed by atoms with Gasteiger partial charge < -0.3 is 9.80 Å². The number of benzene rings is 2. The van der Waals surface area contributed by atoms with Crippen molar-refractivity contribution in [3.8, 4) is 0 Å². The van der Waals surface area contributed by atoms with Gasteiger partial charge in [-0.05, 0) is 63.3 Å². The van der Waals surface area contributed by atoms with E-state index < -0.39 is 0 Å². The van der Waals surface area contributed by atoms with Crippen LogP contribution in [0.15, 0.2) is 52.3 Å². The molecule has 1 aliphatic rings. The first-order valence-corrected chi connectivity index (χ1v) is 8.84. The van der Waals surface area contributed by atoms with Gasteiger partial charge in [0.15, 0.2) is 0 Å². The average molecular weight is 312 g/mol. The molecule has 1 heterocycles. The lowest BCUT2D eigenvalue weighted by Crippen LogP contribution is -2.26. The summed E-state index contributed by atoms with van der Waals surface area (Å²) in [5.74, 6) is 0. The number of anilines is 2. The highest BCUT2D eigenvalue weighted by Crippen LogP contribution is 2.48. The number of fused-ring (bicyclic) bond motifs is 2. The number of hydrogen-bond acceptors (Lipinski definition) is 3. The Balaban J connectivity index is 1.88.